The largest absolute Gasteiger partial charge is 0.378 e. The average molecular weight is 320 g/mol. The lowest BCUT2D eigenvalue weighted by Crippen LogP contribution is -2.39. The Bertz CT molecular complexity index is 545. The van der Waals surface area contributed by atoms with E-state index in [-0.39, 0.29) is 18.4 Å². The van der Waals surface area contributed by atoms with Crippen molar-refractivity contribution in [3.8, 4) is 0 Å². The molecule has 0 spiro atoms. The molecule has 7 nitrogen and oxygen atoms in total. The van der Waals surface area contributed by atoms with E-state index in [4.69, 9.17) is 4.74 Å². The summed E-state index contributed by atoms with van der Waals surface area (Å²) < 4.78 is 5.31. The van der Waals surface area contributed by atoms with Crippen molar-refractivity contribution < 1.29 is 14.3 Å². The molecule has 0 saturated carbocycles. The first-order valence-electron chi connectivity index (χ1n) is 7.73. The Morgan fingerprint density at radius 1 is 1.26 bits per heavy atom. The molecule has 1 aliphatic rings. The van der Waals surface area contributed by atoms with Gasteiger partial charge in [-0.1, -0.05) is 20.8 Å². The highest BCUT2D eigenvalue weighted by atomic mass is 16.5. The second kappa shape index (κ2) is 7.41. The van der Waals surface area contributed by atoms with Gasteiger partial charge in [0.05, 0.1) is 31.6 Å². The molecular weight excluding hydrogens is 296 g/mol. The number of amides is 2. The first-order chi connectivity index (χ1) is 10.9. The average Bonchev–Trinajstić information content (AvgIpc) is 2.53. The predicted octanol–water partition coefficient (Wildman–Crippen LogP) is 1.02. The standard InChI is InChI=1S/C16H24N4O3/c1-16(2,3)15(22)18-11-14(21)19-12-4-5-13(17-10-12)20-6-8-23-9-7-20/h4-5,10H,6-9,11H2,1-3H3,(H,18,22)(H,19,21). The fourth-order valence-electron chi connectivity index (χ4n) is 2.07. The quantitative estimate of drug-likeness (QED) is 0.865. The van der Waals surface area contributed by atoms with Crippen molar-refractivity contribution in [2.45, 2.75) is 20.8 Å². The third-order valence-electron chi connectivity index (χ3n) is 3.46. The number of ether oxygens (including phenoxy) is 1. The molecule has 0 bridgehead atoms. The van der Waals surface area contributed by atoms with Crippen molar-refractivity contribution >= 4 is 23.3 Å². The van der Waals surface area contributed by atoms with Crippen LogP contribution in [0.25, 0.3) is 0 Å². The zero-order chi connectivity index (χ0) is 16.9. The SMILES string of the molecule is CC(C)(C)C(=O)NCC(=O)Nc1ccc(N2CCOCC2)nc1. The summed E-state index contributed by atoms with van der Waals surface area (Å²) in [6.07, 6.45) is 1.62. The highest BCUT2D eigenvalue weighted by Gasteiger charge is 2.21. The fourth-order valence-corrected chi connectivity index (χ4v) is 2.07. The maximum Gasteiger partial charge on any atom is 0.243 e. The van der Waals surface area contributed by atoms with Crippen LogP contribution in [0, 0.1) is 5.41 Å². The number of morpholine rings is 1. The number of hydrogen-bond acceptors (Lipinski definition) is 5. The molecule has 2 amide bonds. The van der Waals surface area contributed by atoms with E-state index in [1.807, 2.05) is 6.07 Å². The Balaban J connectivity index is 1.83. The van der Waals surface area contributed by atoms with E-state index in [0.717, 1.165) is 18.9 Å². The Labute approximate surface area is 136 Å². The van der Waals surface area contributed by atoms with Gasteiger partial charge < -0.3 is 20.3 Å². The molecule has 0 atom stereocenters. The number of carbonyl (C=O) groups excluding carboxylic acids is 2. The van der Waals surface area contributed by atoms with Crippen molar-refractivity contribution in [3.63, 3.8) is 0 Å². The van der Waals surface area contributed by atoms with Gasteiger partial charge in [0.1, 0.15) is 5.82 Å². The lowest BCUT2D eigenvalue weighted by atomic mass is 9.96. The summed E-state index contributed by atoms with van der Waals surface area (Å²) in [6, 6.07) is 3.68. The van der Waals surface area contributed by atoms with Gasteiger partial charge in [0.2, 0.25) is 11.8 Å². The number of rotatable bonds is 4. The number of aromatic nitrogens is 1. The lowest BCUT2D eigenvalue weighted by molar-refractivity contribution is -0.130. The van der Waals surface area contributed by atoms with Crippen LogP contribution in [0.2, 0.25) is 0 Å². The van der Waals surface area contributed by atoms with Gasteiger partial charge in [0, 0.05) is 18.5 Å². The van der Waals surface area contributed by atoms with E-state index < -0.39 is 5.41 Å². The number of pyridine rings is 1. The zero-order valence-corrected chi connectivity index (χ0v) is 13.9. The molecule has 1 fully saturated rings. The molecule has 0 unspecified atom stereocenters. The molecule has 23 heavy (non-hydrogen) atoms. The van der Waals surface area contributed by atoms with Gasteiger partial charge in [-0.15, -0.1) is 0 Å². The van der Waals surface area contributed by atoms with E-state index in [2.05, 4.69) is 20.5 Å². The molecule has 7 heteroatoms. The van der Waals surface area contributed by atoms with Gasteiger partial charge >= 0.3 is 0 Å². The number of carbonyl (C=O) groups is 2. The van der Waals surface area contributed by atoms with Crippen LogP contribution in [-0.2, 0) is 14.3 Å². The molecule has 0 radical (unpaired) electrons. The topological polar surface area (TPSA) is 83.6 Å². The van der Waals surface area contributed by atoms with Gasteiger partial charge in [0.25, 0.3) is 0 Å². The first-order valence-corrected chi connectivity index (χ1v) is 7.73. The van der Waals surface area contributed by atoms with Crippen LogP contribution in [-0.4, -0.2) is 49.6 Å². The Morgan fingerprint density at radius 2 is 1.96 bits per heavy atom. The minimum absolute atomic E-state index is 0.0542. The Hall–Kier alpha value is -2.15. The van der Waals surface area contributed by atoms with Crippen LogP contribution in [0.15, 0.2) is 18.3 Å². The van der Waals surface area contributed by atoms with Crippen LogP contribution in [0.5, 0.6) is 0 Å². The third-order valence-corrected chi connectivity index (χ3v) is 3.46. The lowest BCUT2D eigenvalue weighted by Gasteiger charge is -2.27. The minimum atomic E-state index is -0.512. The summed E-state index contributed by atoms with van der Waals surface area (Å²) in [7, 11) is 0. The highest BCUT2D eigenvalue weighted by Crippen LogP contribution is 2.15. The monoisotopic (exact) mass is 320 g/mol. The summed E-state index contributed by atoms with van der Waals surface area (Å²) in [5.41, 5.74) is 0.0961. The van der Waals surface area contributed by atoms with Crippen molar-refractivity contribution in [3.05, 3.63) is 18.3 Å². The predicted molar refractivity (Wildman–Crippen MR) is 88.4 cm³/mol. The van der Waals surface area contributed by atoms with Crippen LogP contribution >= 0.6 is 0 Å². The summed E-state index contributed by atoms with van der Waals surface area (Å²) in [5, 5.41) is 5.33. The zero-order valence-electron chi connectivity index (χ0n) is 13.9. The smallest absolute Gasteiger partial charge is 0.243 e. The summed E-state index contributed by atoms with van der Waals surface area (Å²) in [5.74, 6) is 0.435. The van der Waals surface area contributed by atoms with E-state index >= 15 is 0 Å². The molecule has 1 aromatic heterocycles. The van der Waals surface area contributed by atoms with Gasteiger partial charge in [-0.05, 0) is 12.1 Å². The number of nitrogens with zero attached hydrogens (tertiary/aromatic N) is 2. The molecule has 1 aliphatic heterocycles. The van der Waals surface area contributed by atoms with Crippen molar-refractivity contribution in [1.82, 2.24) is 10.3 Å². The number of hydrogen-bond donors (Lipinski definition) is 2. The Morgan fingerprint density at radius 3 is 2.52 bits per heavy atom. The van der Waals surface area contributed by atoms with E-state index in [0.29, 0.717) is 18.9 Å². The van der Waals surface area contributed by atoms with Gasteiger partial charge in [-0.3, -0.25) is 9.59 Å². The number of nitrogens with one attached hydrogen (secondary N) is 2. The summed E-state index contributed by atoms with van der Waals surface area (Å²) >= 11 is 0. The number of anilines is 2. The molecule has 0 aromatic carbocycles. The molecule has 2 heterocycles. The minimum Gasteiger partial charge on any atom is -0.378 e. The molecule has 2 N–H and O–H groups in total. The van der Waals surface area contributed by atoms with E-state index in [1.165, 1.54) is 0 Å². The first kappa shape index (κ1) is 17.2. The molecular formula is C16H24N4O3. The van der Waals surface area contributed by atoms with Gasteiger partial charge in [-0.2, -0.15) is 0 Å². The maximum absolute atomic E-state index is 11.8. The van der Waals surface area contributed by atoms with Gasteiger partial charge in [0.15, 0.2) is 0 Å². The van der Waals surface area contributed by atoms with E-state index in [1.54, 1.807) is 33.0 Å². The highest BCUT2D eigenvalue weighted by molar-refractivity contribution is 5.95. The van der Waals surface area contributed by atoms with Crippen LogP contribution in [0.1, 0.15) is 20.8 Å². The van der Waals surface area contributed by atoms with Gasteiger partial charge in [-0.25, -0.2) is 4.98 Å². The Kier molecular flexibility index (Phi) is 5.54. The molecule has 1 saturated heterocycles. The maximum atomic E-state index is 11.8. The van der Waals surface area contributed by atoms with Crippen molar-refractivity contribution in [2.24, 2.45) is 5.41 Å². The van der Waals surface area contributed by atoms with E-state index in [9.17, 15) is 9.59 Å². The van der Waals surface area contributed by atoms with Crippen molar-refractivity contribution in [2.75, 3.05) is 43.1 Å². The molecule has 2 rings (SSSR count). The van der Waals surface area contributed by atoms with Crippen LogP contribution in [0.4, 0.5) is 11.5 Å². The van der Waals surface area contributed by atoms with Crippen molar-refractivity contribution in [1.29, 1.82) is 0 Å². The normalized spacial score (nSPS) is 15.2. The van der Waals surface area contributed by atoms with Crippen LogP contribution in [0.3, 0.4) is 0 Å². The summed E-state index contributed by atoms with van der Waals surface area (Å²) in [6.45, 7) is 8.38. The molecule has 1 aromatic rings. The fraction of sp³-hybridized carbons (Fsp3) is 0.562. The van der Waals surface area contributed by atoms with Crippen LogP contribution < -0.4 is 15.5 Å². The third kappa shape index (κ3) is 5.21. The molecule has 0 aliphatic carbocycles. The second-order valence-electron chi connectivity index (χ2n) is 6.49. The molecule has 126 valence electrons. The summed E-state index contributed by atoms with van der Waals surface area (Å²) in [4.78, 5) is 30.1. The second-order valence-corrected chi connectivity index (χ2v) is 6.49.